The number of hydrogen-bond acceptors (Lipinski definition) is 6. The van der Waals surface area contributed by atoms with E-state index in [4.69, 9.17) is 19.8 Å². The van der Waals surface area contributed by atoms with E-state index in [9.17, 15) is 0 Å². The molecule has 1 unspecified atom stereocenters. The number of nitrogens with zero attached hydrogens (tertiary/aromatic N) is 4. The molecular weight excluding hydrogens is 470 g/mol. The van der Waals surface area contributed by atoms with Crippen LogP contribution in [0.2, 0.25) is 0 Å². The van der Waals surface area contributed by atoms with Gasteiger partial charge in [0.25, 0.3) is 0 Å². The average Bonchev–Trinajstić information content (AvgIpc) is 3.41. The molecule has 1 saturated heterocycles. The van der Waals surface area contributed by atoms with Gasteiger partial charge in [0.15, 0.2) is 0 Å². The largest absolute Gasteiger partial charge is 0.473 e. The molecule has 0 spiro atoms. The Hall–Kier alpha value is -3.43. The van der Waals surface area contributed by atoms with Gasteiger partial charge in [0.2, 0.25) is 0 Å². The van der Waals surface area contributed by atoms with Gasteiger partial charge in [-0.2, -0.15) is 0 Å². The van der Waals surface area contributed by atoms with Gasteiger partial charge in [0.05, 0.1) is 17.4 Å². The molecule has 3 N–H and O–H groups in total. The summed E-state index contributed by atoms with van der Waals surface area (Å²) >= 11 is 0. The van der Waals surface area contributed by atoms with Crippen LogP contribution in [0, 0.1) is 0 Å². The number of carboxylic acid groups (broad SMARTS) is 2. The van der Waals surface area contributed by atoms with Crippen LogP contribution in [0.3, 0.4) is 0 Å². The van der Waals surface area contributed by atoms with E-state index in [0.29, 0.717) is 6.04 Å². The number of carboxylic acids is 2. The molecule has 1 atom stereocenters. The summed E-state index contributed by atoms with van der Waals surface area (Å²) in [4.78, 5) is 34.1. The number of nitrogens with one attached hydrogen (secondary N) is 1. The summed E-state index contributed by atoms with van der Waals surface area (Å²) in [5.74, 6) is -3.65. The molecule has 1 aliphatic heterocycles. The van der Waals surface area contributed by atoms with Crippen molar-refractivity contribution >= 4 is 28.7 Å². The van der Waals surface area contributed by atoms with Gasteiger partial charge in [-0.25, -0.2) is 14.6 Å². The Morgan fingerprint density at radius 3 is 2.43 bits per heavy atom. The minimum Gasteiger partial charge on any atom is -0.473 e. The Kier molecular flexibility index (Phi) is 9.14. The van der Waals surface area contributed by atoms with Crippen LogP contribution < -0.4 is 4.90 Å². The predicted molar refractivity (Wildman–Crippen MR) is 144 cm³/mol. The van der Waals surface area contributed by atoms with E-state index < -0.39 is 11.9 Å². The Labute approximate surface area is 217 Å². The summed E-state index contributed by atoms with van der Waals surface area (Å²) in [6.07, 6.45) is 6.65. The zero-order valence-corrected chi connectivity index (χ0v) is 21.5. The van der Waals surface area contributed by atoms with Gasteiger partial charge >= 0.3 is 11.9 Å². The number of aromatic amines is 1. The molecule has 2 aromatic carbocycles. The summed E-state index contributed by atoms with van der Waals surface area (Å²) in [7, 11) is 0. The van der Waals surface area contributed by atoms with Crippen LogP contribution in [0.15, 0.2) is 48.8 Å². The highest BCUT2D eigenvalue weighted by molar-refractivity contribution is 6.27. The second kappa shape index (κ2) is 12.7. The van der Waals surface area contributed by atoms with E-state index >= 15 is 0 Å². The predicted octanol–water partition coefficient (Wildman–Crippen LogP) is 3.11. The van der Waals surface area contributed by atoms with Crippen molar-refractivity contribution in [3.05, 3.63) is 59.9 Å². The van der Waals surface area contributed by atoms with Crippen molar-refractivity contribution in [2.24, 2.45) is 0 Å². The summed E-state index contributed by atoms with van der Waals surface area (Å²) < 4.78 is 0. The normalized spacial score (nSPS) is 17.8. The first kappa shape index (κ1) is 26.6. The molecule has 3 aromatic rings. The van der Waals surface area contributed by atoms with Crippen molar-refractivity contribution < 1.29 is 19.8 Å². The van der Waals surface area contributed by atoms with Crippen molar-refractivity contribution in [2.75, 3.05) is 50.7 Å². The van der Waals surface area contributed by atoms with Crippen LogP contribution in [0.1, 0.15) is 30.9 Å². The third kappa shape index (κ3) is 6.87. The molecule has 0 saturated carbocycles. The van der Waals surface area contributed by atoms with Gasteiger partial charge < -0.3 is 20.1 Å². The molecule has 198 valence electrons. The van der Waals surface area contributed by atoms with Crippen molar-refractivity contribution in [1.82, 2.24) is 19.8 Å². The number of para-hydroxylation sites is 1. The van der Waals surface area contributed by atoms with Crippen LogP contribution in [0.25, 0.3) is 11.0 Å². The molecule has 5 rings (SSSR count). The SMILES string of the molecule is CCCN(CCN1CCN(c2ccccc2)CC1)C1CCc2ccc3[nH]cnc3c2C1.O=C(O)C(=O)O. The monoisotopic (exact) mass is 507 g/mol. The molecule has 9 heteroatoms. The molecule has 0 amide bonds. The summed E-state index contributed by atoms with van der Waals surface area (Å²) in [6, 6.07) is 16.0. The number of carbonyl (C=O) groups is 2. The summed E-state index contributed by atoms with van der Waals surface area (Å²) in [5, 5.41) is 14.8. The van der Waals surface area contributed by atoms with E-state index in [0.717, 1.165) is 32.6 Å². The van der Waals surface area contributed by atoms with Crippen molar-refractivity contribution in [3.63, 3.8) is 0 Å². The number of aliphatic carboxylic acids is 2. The van der Waals surface area contributed by atoms with Crippen LogP contribution >= 0.6 is 0 Å². The quantitative estimate of drug-likeness (QED) is 0.418. The number of rotatable bonds is 7. The maximum absolute atomic E-state index is 9.10. The van der Waals surface area contributed by atoms with Gasteiger partial charge in [-0.15, -0.1) is 0 Å². The summed E-state index contributed by atoms with van der Waals surface area (Å²) in [6.45, 7) is 10.5. The number of imidazole rings is 1. The Bertz CT molecular complexity index is 1160. The van der Waals surface area contributed by atoms with Crippen LogP contribution in [-0.4, -0.2) is 93.8 Å². The highest BCUT2D eigenvalue weighted by atomic mass is 16.4. The molecule has 0 radical (unpaired) electrons. The number of fused-ring (bicyclic) bond motifs is 3. The first-order chi connectivity index (χ1) is 18.0. The number of hydrogen-bond donors (Lipinski definition) is 3. The average molecular weight is 508 g/mol. The standard InChI is InChI=1S/C26H35N5.C2H2O4/c1-2-12-30(16-13-29-14-17-31(18-15-29)22-6-4-3-5-7-22)23-10-8-21-9-11-25-26(24(21)19-23)28-20-27-25;3-1(4)2(5)6/h3-7,9,11,20,23H,2,8,10,12-19H2,1H3,(H,27,28);(H,3,4)(H,5,6). The minimum absolute atomic E-state index is 0.639. The zero-order chi connectivity index (χ0) is 26.2. The molecule has 1 aromatic heterocycles. The maximum atomic E-state index is 9.10. The third-order valence-corrected chi connectivity index (χ3v) is 7.39. The second-order valence-electron chi connectivity index (χ2n) is 9.71. The minimum atomic E-state index is -1.82. The smallest absolute Gasteiger partial charge is 0.414 e. The van der Waals surface area contributed by atoms with E-state index in [2.05, 4.69) is 74.1 Å². The van der Waals surface area contributed by atoms with Gasteiger partial charge in [-0.3, -0.25) is 9.80 Å². The lowest BCUT2D eigenvalue weighted by Gasteiger charge is -2.39. The molecule has 0 bridgehead atoms. The number of piperazine rings is 1. The Morgan fingerprint density at radius 2 is 1.76 bits per heavy atom. The highest BCUT2D eigenvalue weighted by Gasteiger charge is 2.26. The van der Waals surface area contributed by atoms with Crippen LogP contribution in [0.4, 0.5) is 5.69 Å². The lowest BCUT2D eigenvalue weighted by Crippen LogP contribution is -2.50. The van der Waals surface area contributed by atoms with Crippen molar-refractivity contribution in [3.8, 4) is 0 Å². The Morgan fingerprint density at radius 1 is 1.03 bits per heavy atom. The van der Waals surface area contributed by atoms with Gasteiger partial charge in [0, 0.05) is 51.0 Å². The molecule has 37 heavy (non-hydrogen) atoms. The van der Waals surface area contributed by atoms with Gasteiger partial charge in [-0.05, 0) is 61.6 Å². The second-order valence-corrected chi connectivity index (χ2v) is 9.71. The molecule has 1 aliphatic carbocycles. The number of benzene rings is 2. The first-order valence-corrected chi connectivity index (χ1v) is 13.1. The number of anilines is 1. The zero-order valence-electron chi connectivity index (χ0n) is 21.5. The molecular formula is C28H37N5O4. The lowest BCUT2D eigenvalue weighted by molar-refractivity contribution is -0.159. The molecule has 2 aliphatic rings. The van der Waals surface area contributed by atoms with Crippen LogP contribution in [-0.2, 0) is 22.4 Å². The number of aromatic nitrogens is 2. The van der Waals surface area contributed by atoms with Crippen LogP contribution in [0.5, 0.6) is 0 Å². The number of aryl methyl sites for hydroxylation is 1. The van der Waals surface area contributed by atoms with Crippen molar-refractivity contribution in [1.29, 1.82) is 0 Å². The fourth-order valence-corrected chi connectivity index (χ4v) is 5.44. The first-order valence-electron chi connectivity index (χ1n) is 13.1. The summed E-state index contributed by atoms with van der Waals surface area (Å²) in [5.41, 5.74) is 6.71. The topological polar surface area (TPSA) is 113 Å². The van der Waals surface area contributed by atoms with Crippen molar-refractivity contribution in [2.45, 2.75) is 38.6 Å². The molecule has 2 heterocycles. The third-order valence-electron chi connectivity index (χ3n) is 7.39. The maximum Gasteiger partial charge on any atom is 0.414 e. The van der Waals surface area contributed by atoms with Gasteiger partial charge in [0.1, 0.15) is 0 Å². The van der Waals surface area contributed by atoms with Gasteiger partial charge in [-0.1, -0.05) is 31.2 Å². The van der Waals surface area contributed by atoms with E-state index in [1.54, 1.807) is 0 Å². The Balaban J connectivity index is 0.000000480. The fraction of sp³-hybridized carbons (Fsp3) is 0.464. The highest BCUT2D eigenvalue weighted by Crippen LogP contribution is 2.29. The number of H-pyrrole nitrogens is 1. The molecule has 1 fully saturated rings. The van der Waals surface area contributed by atoms with E-state index in [1.165, 1.54) is 66.7 Å². The van der Waals surface area contributed by atoms with E-state index in [-0.39, 0.29) is 0 Å². The van der Waals surface area contributed by atoms with E-state index in [1.807, 2.05) is 6.33 Å². The fourth-order valence-electron chi connectivity index (χ4n) is 5.44. The lowest BCUT2D eigenvalue weighted by atomic mass is 9.86. The molecule has 9 nitrogen and oxygen atoms in total.